The largest absolute Gasteiger partial charge is 0.370 e. The predicted octanol–water partition coefficient (Wildman–Crippen LogP) is 2.98. The van der Waals surface area contributed by atoms with Crippen molar-refractivity contribution in [3.63, 3.8) is 0 Å². The molecule has 0 aromatic heterocycles. The van der Waals surface area contributed by atoms with E-state index in [2.05, 4.69) is 34.5 Å². The van der Waals surface area contributed by atoms with Crippen LogP contribution in [0.5, 0.6) is 0 Å². The Kier molecular flexibility index (Phi) is 3.97. The first-order chi connectivity index (χ1) is 9.83. The fraction of sp³-hybridized carbons (Fsp3) is 0.294. The number of nitrogens with zero attached hydrogens (tertiary/aromatic N) is 1. The fourth-order valence-corrected chi connectivity index (χ4v) is 2.69. The van der Waals surface area contributed by atoms with Gasteiger partial charge in [-0.25, -0.2) is 4.39 Å². The molecule has 20 heavy (non-hydrogen) atoms. The summed E-state index contributed by atoms with van der Waals surface area (Å²) in [4.78, 5) is 2.26. The van der Waals surface area contributed by atoms with Crippen LogP contribution < -0.4 is 10.2 Å². The highest BCUT2D eigenvalue weighted by Gasteiger charge is 2.18. The molecule has 1 N–H and O–H groups in total. The Morgan fingerprint density at radius 3 is 2.80 bits per heavy atom. The van der Waals surface area contributed by atoms with E-state index in [1.807, 2.05) is 12.1 Å². The zero-order valence-corrected chi connectivity index (χ0v) is 11.5. The van der Waals surface area contributed by atoms with Gasteiger partial charge in [-0.05, 0) is 29.7 Å². The molecule has 3 rings (SSSR count). The van der Waals surface area contributed by atoms with Gasteiger partial charge in [0.1, 0.15) is 5.82 Å². The summed E-state index contributed by atoms with van der Waals surface area (Å²) in [6, 6.07) is 15.5. The molecule has 0 bridgehead atoms. The van der Waals surface area contributed by atoms with Crippen molar-refractivity contribution in [1.82, 2.24) is 5.32 Å². The molecular weight excluding hydrogens is 251 g/mol. The van der Waals surface area contributed by atoms with Crippen molar-refractivity contribution >= 4 is 5.69 Å². The van der Waals surface area contributed by atoms with Gasteiger partial charge >= 0.3 is 0 Å². The molecule has 0 radical (unpaired) electrons. The minimum atomic E-state index is -0.145. The van der Waals surface area contributed by atoms with Crippen LogP contribution in [0, 0.1) is 5.82 Å². The molecular formula is C17H19FN2. The summed E-state index contributed by atoms with van der Waals surface area (Å²) in [6.45, 7) is 3.70. The highest BCUT2D eigenvalue weighted by Crippen LogP contribution is 2.28. The Balaban J connectivity index is 1.50. The summed E-state index contributed by atoms with van der Waals surface area (Å²) < 4.78 is 13.3. The Hall–Kier alpha value is -1.87. The molecule has 2 aromatic carbocycles. The maximum absolute atomic E-state index is 13.3. The first-order valence-electron chi connectivity index (χ1n) is 7.11. The Labute approximate surface area is 119 Å². The van der Waals surface area contributed by atoms with Gasteiger partial charge in [0, 0.05) is 31.9 Å². The molecule has 0 atom stereocenters. The van der Waals surface area contributed by atoms with Crippen molar-refractivity contribution < 1.29 is 4.39 Å². The number of hydrogen-bond acceptors (Lipinski definition) is 2. The average molecular weight is 270 g/mol. The van der Waals surface area contributed by atoms with Crippen LogP contribution in [-0.4, -0.2) is 19.6 Å². The number of anilines is 1. The van der Waals surface area contributed by atoms with Crippen LogP contribution in [0.1, 0.15) is 11.1 Å². The summed E-state index contributed by atoms with van der Waals surface area (Å²) in [6.07, 6.45) is 1.02. The zero-order chi connectivity index (χ0) is 13.8. The predicted molar refractivity (Wildman–Crippen MR) is 80.5 cm³/mol. The molecule has 0 amide bonds. The lowest BCUT2D eigenvalue weighted by molar-refractivity contribution is 0.626. The molecule has 0 unspecified atom stereocenters. The molecule has 0 saturated carbocycles. The maximum Gasteiger partial charge on any atom is 0.125 e. The maximum atomic E-state index is 13.3. The first kappa shape index (κ1) is 13.1. The highest BCUT2D eigenvalue weighted by atomic mass is 19.1. The quantitative estimate of drug-likeness (QED) is 0.840. The molecule has 1 aliphatic rings. The zero-order valence-electron chi connectivity index (χ0n) is 11.5. The van der Waals surface area contributed by atoms with Gasteiger partial charge in [-0.3, -0.25) is 0 Å². The van der Waals surface area contributed by atoms with E-state index in [4.69, 9.17) is 0 Å². The molecule has 3 heteroatoms. The van der Waals surface area contributed by atoms with Crippen molar-refractivity contribution in [1.29, 1.82) is 0 Å². The van der Waals surface area contributed by atoms with E-state index in [0.717, 1.165) is 38.3 Å². The molecule has 0 fully saturated rings. The van der Waals surface area contributed by atoms with E-state index in [-0.39, 0.29) is 5.82 Å². The second-order valence-electron chi connectivity index (χ2n) is 5.17. The van der Waals surface area contributed by atoms with Gasteiger partial charge in [0.25, 0.3) is 0 Å². The minimum absolute atomic E-state index is 0.145. The van der Waals surface area contributed by atoms with Gasteiger partial charge in [-0.2, -0.15) is 0 Å². The summed E-state index contributed by atoms with van der Waals surface area (Å²) in [5.41, 5.74) is 3.61. The van der Waals surface area contributed by atoms with E-state index >= 15 is 0 Å². The fourth-order valence-electron chi connectivity index (χ4n) is 2.69. The Morgan fingerprint density at radius 2 is 1.95 bits per heavy atom. The SMILES string of the molecule is Fc1ccc2c(c1)N(CCNCc1ccccc1)CC2. The van der Waals surface area contributed by atoms with Gasteiger partial charge in [-0.1, -0.05) is 36.4 Å². The second kappa shape index (κ2) is 6.06. The number of fused-ring (bicyclic) bond motifs is 1. The van der Waals surface area contributed by atoms with Crippen molar-refractivity contribution in [3.05, 3.63) is 65.5 Å². The van der Waals surface area contributed by atoms with Crippen molar-refractivity contribution in [2.24, 2.45) is 0 Å². The molecule has 0 aliphatic carbocycles. The third-order valence-corrected chi connectivity index (χ3v) is 3.77. The standard InChI is InChI=1S/C17H19FN2/c18-16-7-6-15-8-10-20(17(15)12-16)11-9-19-13-14-4-2-1-3-5-14/h1-7,12,19H,8-11,13H2. The van der Waals surface area contributed by atoms with E-state index in [0.29, 0.717) is 0 Å². The summed E-state index contributed by atoms with van der Waals surface area (Å²) in [5.74, 6) is -0.145. The number of hydrogen-bond donors (Lipinski definition) is 1. The molecule has 104 valence electrons. The van der Waals surface area contributed by atoms with Gasteiger partial charge in [0.2, 0.25) is 0 Å². The van der Waals surface area contributed by atoms with Crippen LogP contribution >= 0.6 is 0 Å². The van der Waals surface area contributed by atoms with Crippen LogP contribution in [-0.2, 0) is 13.0 Å². The molecule has 1 heterocycles. The topological polar surface area (TPSA) is 15.3 Å². The monoisotopic (exact) mass is 270 g/mol. The third-order valence-electron chi connectivity index (χ3n) is 3.77. The van der Waals surface area contributed by atoms with E-state index in [1.165, 1.54) is 11.1 Å². The van der Waals surface area contributed by atoms with Gasteiger partial charge in [-0.15, -0.1) is 0 Å². The number of halogens is 1. The van der Waals surface area contributed by atoms with Gasteiger partial charge < -0.3 is 10.2 Å². The summed E-state index contributed by atoms with van der Waals surface area (Å²) >= 11 is 0. The lowest BCUT2D eigenvalue weighted by Crippen LogP contribution is -2.30. The smallest absolute Gasteiger partial charge is 0.125 e. The van der Waals surface area contributed by atoms with E-state index in [1.54, 1.807) is 12.1 Å². The van der Waals surface area contributed by atoms with Gasteiger partial charge in [0.15, 0.2) is 0 Å². The third kappa shape index (κ3) is 2.99. The molecule has 0 saturated heterocycles. The lowest BCUT2D eigenvalue weighted by Gasteiger charge is -2.19. The molecule has 0 spiro atoms. The van der Waals surface area contributed by atoms with Crippen LogP contribution in [0.4, 0.5) is 10.1 Å². The van der Waals surface area contributed by atoms with Crippen molar-refractivity contribution in [2.75, 3.05) is 24.5 Å². The molecule has 1 aliphatic heterocycles. The minimum Gasteiger partial charge on any atom is -0.370 e. The summed E-state index contributed by atoms with van der Waals surface area (Å²) in [7, 11) is 0. The lowest BCUT2D eigenvalue weighted by atomic mass is 10.2. The van der Waals surface area contributed by atoms with E-state index < -0.39 is 0 Å². The summed E-state index contributed by atoms with van der Waals surface area (Å²) in [5, 5.41) is 3.44. The molecule has 2 aromatic rings. The highest BCUT2D eigenvalue weighted by molar-refractivity contribution is 5.58. The van der Waals surface area contributed by atoms with E-state index in [9.17, 15) is 4.39 Å². The Morgan fingerprint density at radius 1 is 1.10 bits per heavy atom. The second-order valence-corrected chi connectivity index (χ2v) is 5.17. The number of benzene rings is 2. The van der Waals surface area contributed by atoms with Crippen molar-refractivity contribution in [2.45, 2.75) is 13.0 Å². The first-order valence-corrected chi connectivity index (χ1v) is 7.11. The normalized spacial score (nSPS) is 13.6. The Bertz CT molecular complexity index is 568. The molecule has 2 nitrogen and oxygen atoms in total. The van der Waals surface area contributed by atoms with Crippen LogP contribution in [0.15, 0.2) is 48.5 Å². The number of nitrogens with one attached hydrogen (secondary N) is 1. The van der Waals surface area contributed by atoms with Gasteiger partial charge in [0.05, 0.1) is 0 Å². The van der Waals surface area contributed by atoms with Crippen LogP contribution in [0.25, 0.3) is 0 Å². The van der Waals surface area contributed by atoms with Crippen LogP contribution in [0.3, 0.4) is 0 Å². The average Bonchev–Trinajstić information content (AvgIpc) is 2.87. The number of rotatable bonds is 5. The van der Waals surface area contributed by atoms with Crippen LogP contribution in [0.2, 0.25) is 0 Å². The van der Waals surface area contributed by atoms with Crippen molar-refractivity contribution in [3.8, 4) is 0 Å².